The monoisotopic (exact) mass is 270 g/mol. The van der Waals surface area contributed by atoms with Gasteiger partial charge in [-0.25, -0.2) is 0 Å². The molecule has 0 aliphatic heterocycles. The largest absolute Gasteiger partial charge is 0.425 e. The summed E-state index contributed by atoms with van der Waals surface area (Å²) in [5.74, 6) is -0.595. The molecule has 0 aromatic heterocycles. The minimum Gasteiger partial charge on any atom is -0.425 e. The van der Waals surface area contributed by atoms with Gasteiger partial charge in [-0.05, 0) is 19.3 Å². The lowest BCUT2D eigenvalue weighted by Gasteiger charge is -2.29. The summed E-state index contributed by atoms with van der Waals surface area (Å²) in [6.07, 6.45) is 5.82. The molecule has 4 nitrogen and oxygen atoms in total. The molecule has 0 saturated heterocycles. The summed E-state index contributed by atoms with van der Waals surface area (Å²) in [5.41, 5.74) is 0. The number of rotatable bonds is 6. The molecule has 0 spiro atoms. The van der Waals surface area contributed by atoms with Gasteiger partial charge in [0.2, 0.25) is 6.29 Å². The molecule has 1 rings (SSSR count). The number of carbonyl (C=O) groups is 2. The molecule has 1 saturated carbocycles. The van der Waals surface area contributed by atoms with E-state index in [0.29, 0.717) is 6.42 Å². The Morgan fingerprint density at radius 1 is 1.11 bits per heavy atom. The van der Waals surface area contributed by atoms with E-state index in [4.69, 9.17) is 9.47 Å². The molecule has 1 aliphatic rings. The van der Waals surface area contributed by atoms with Gasteiger partial charge in [0.1, 0.15) is 0 Å². The van der Waals surface area contributed by atoms with Crippen LogP contribution < -0.4 is 0 Å². The Kier molecular flexibility index (Phi) is 6.89. The van der Waals surface area contributed by atoms with Crippen LogP contribution in [0.15, 0.2) is 0 Å². The molecule has 0 radical (unpaired) electrons. The maximum atomic E-state index is 11.7. The fourth-order valence-corrected chi connectivity index (χ4v) is 2.27. The van der Waals surface area contributed by atoms with Gasteiger partial charge in [-0.15, -0.1) is 0 Å². The summed E-state index contributed by atoms with van der Waals surface area (Å²) in [6.45, 7) is 5.50. The molecule has 1 atom stereocenters. The lowest BCUT2D eigenvalue weighted by molar-refractivity contribution is -0.202. The maximum Gasteiger partial charge on any atom is 0.311 e. The van der Waals surface area contributed by atoms with Crippen molar-refractivity contribution in [1.29, 1.82) is 0 Å². The van der Waals surface area contributed by atoms with Crippen LogP contribution in [0.2, 0.25) is 0 Å². The molecule has 4 heteroatoms. The highest BCUT2D eigenvalue weighted by Crippen LogP contribution is 2.29. The third-order valence-electron chi connectivity index (χ3n) is 3.44. The highest BCUT2D eigenvalue weighted by molar-refractivity contribution is 5.72. The molecular weight excluding hydrogens is 244 g/mol. The highest BCUT2D eigenvalue weighted by atomic mass is 16.7. The molecule has 1 fully saturated rings. The predicted molar refractivity (Wildman–Crippen MR) is 72.3 cm³/mol. The standard InChI is InChI=1S/C15H26O4/c1-4-8-13(16)18-15(19-14(17)11(2)3)12-9-6-5-7-10-12/h11-12,15H,4-10H2,1-3H3. The molecule has 0 bridgehead atoms. The van der Waals surface area contributed by atoms with Gasteiger partial charge in [0.15, 0.2) is 0 Å². The maximum absolute atomic E-state index is 11.7. The van der Waals surface area contributed by atoms with Gasteiger partial charge in [0, 0.05) is 12.3 Å². The van der Waals surface area contributed by atoms with Gasteiger partial charge < -0.3 is 9.47 Å². The Morgan fingerprint density at radius 2 is 1.74 bits per heavy atom. The second-order valence-corrected chi connectivity index (χ2v) is 5.60. The van der Waals surface area contributed by atoms with Crippen molar-refractivity contribution in [3.8, 4) is 0 Å². The van der Waals surface area contributed by atoms with Crippen LogP contribution in [0, 0.1) is 11.8 Å². The lowest BCUT2D eigenvalue weighted by Crippen LogP contribution is -2.34. The van der Waals surface area contributed by atoms with Crippen LogP contribution >= 0.6 is 0 Å². The normalized spacial score (nSPS) is 18.1. The third-order valence-corrected chi connectivity index (χ3v) is 3.44. The van der Waals surface area contributed by atoms with E-state index in [1.54, 1.807) is 13.8 Å². The Balaban J connectivity index is 2.60. The average molecular weight is 270 g/mol. The van der Waals surface area contributed by atoms with Crippen LogP contribution in [-0.2, 0) is 19.1 Å². The molecule has 0 N–H and O–H groups in total. The van der Waals surface area contributed by atoms with Crippen molar-refractivity contribution in [2.45, 2.75) is 72.0 Å². The summed E-state index contributed by atoms with van der Waals surface area (Å²) in [6, 6.07) is 0. The fourth-order valence-electron chi connectivity index (χ4n) is 2.27. The van der Waals surface area contributed by atoms with Crippen molar-refractivity contribution in [3.63, 3.8) is 0 Å². The minimum atomic E-state index is -0.686. The third kappa shape index (κ3) is 5.62. The van der Waals surface area contributed by atoms with Gasteiger partial charge in [-0.1, -0.05) is 40.0 Å². The number of ether oxygens (including phenoxy) is 2. The van der Waals surface area contributed by atoms with Crippen molar-refractivity contribution in [1.82, 2.24) is 0 Å². The van der Waals surface area contributed by atoms with Crippen LogP contribution in [-0.4, -0.2) is 18.2 Å². The van der Waals surface area contributed by atoms with Gasteiger partial charge in [0.05, 0.1) is 5.92 Å². The van der Waals surface area contributed by atoms with Gasteiger partial charge in [-0.3, -0.25) is 9.59 Å². The Bertz CT molecular complexity index is 293. The number of hydrogen-bond donors (Lipinski definition) is 0. The van der Waals surface area contributed by atoms with Crippen LogP contribution in [0.5, 0.6) is 0 Å². The van der Waals surface area contributed by atoms with Crippen molar-refractivity contribution in [2.24, 2.45) is 11.8 Å². The van der Waals surface area contributed by atoms with Crippen LogP contribution in [0.25, 0.3) is 0 Å². The van der Waals surface area contributed by atoms with Gasteiger partial charge in [-0.2, -0.15) is 0 Å². The van der Waals surface area contributed by atoms with Gasteiger partial charge in [0.25, 0.3) is 0 Å². The zero-order chi connectivity index (χ0) is 14.3. The Hall–Kier alpha value is -1.06. The van der Waals surface area contributed by atoms with Crippen molar-refractivity contribution in [3.05, 3.63) is 0 Å². The molecule has 19 heavy (non-hydrogen) atoms. The SMILES string of the molecule is CCCC(=O)OC(OC(=O)C(C)C)C1CCCCC1. The minimum absolute atomic E-state index is 0.164. The summed E-state index contributed by atoms with van der Waals surface area (Å²) in [4.78, 5) is 23.4. The van der Waals surface area contributed by atoms with Crippen molar-refractivity contribution >= 4 is 11.9 Å². The topological polar surface area (TPSA) is 52.6 Å². The highest BCUT2D eigenvalue weighted by Gasteiger charge is 2.30. The van der Waals surface area contributed by atoms with E-state index in [-0.39, 0.29) is 23.8 Å². The molecule has 1 aliphatic carbocycles. The Labute approximate surface area is 115 Å². The number of carbonyl (C=O) groups excluding carboxylic acids is 2. The average Bonchev–Trinajstić information content (AvgIpc) is 2.39. The number of hydrogen-bond acceptors (Lipinski definition) is 4. The van der Waals surface area contributed by atoms with Crippen molar-refractivity contribution < 1.29 is 19.1 Å². The fraction of sp³-hybridized carbons (Fsp3) is 0.867. The zero-order valence-corrected chi connectivity index (χ0v) is 12.3. The van der Waals surface area contributed by atoms with E-state index in [9.17, 15) is 9.59 Å². The first-order valence-corrected chi connectivity index (χ1v) is 7.44. The first kappa shape index (κ1) is 16.0. The van der Waals surface area contributed by atoms with Crippen LogP contribution in [0.1, 0.15) is 65.7 Å². The molecule has 0 aromatic rings. The van der Waals surface area contributed by atoms with Crippen molar-refractivity contribution in [2.75, 3.05) is 0 Å². The summed E-state index contributed by atoms with van der Waals surface area (Å²) < 4.78 is 10.8. The number of esters is 2. The predicted octanol–water partition coefficient (Wildman–Crippen LogP) is 3.44. The second kappa shape index (κ2) is 8.18. The molecule has 0 aromatic carbocycles. The quantitative estimate of drug-likeness (QED) is 0.548. The summed E-state index contributed by atoms with van der Waals surface area (Å²) >= 11 is 0. The van der Waals surface area contributed by atoms with E-state index in [0.717, 1.165) is 32.1 Å². The first-order valence-electron chi connectivity index (χ1n) is 7.44. The van der Waals surface area contributed by atoms with E-state index in [2.05, 4.69) is 0 Å². The van der Waals surface area contributed by atoms with E-state index >= 15 is 0 Å². The summed E-state index contributed by atoms with van der Waals surface area (Å²) in [5, 5.41) is 0. The van der Waals surface area contributed by atoms with Crippen LogP contribution in [0.4, 0.5) is 0 Å². The molecule has 1 unspecified atom stereocenters. The van der Waals surface area contributed by atoms with E-state index in [1.807, 2.05) is 6.92 Å². The van der Waals surface area contributed by atoms with E-state index in [1.165, 1.54) is 6.42 Å². The first-order chi connectivity index (χ1) is 9.04. The molecule has 0 amide bonds. The lowest BCUT2D eigenvalue weighted by atomic mass is 9.88. The molecule has 0 heterocycles. The van der Waals surface area contributed by atoms with E-state index < -0.39 is 6.29 Å². The zero-order valence-electron chi connectivity index (χ0n) is 12.3. The Morgan fingerprint density at radius 3 is 2.26 bits per heavy atom. The van der Waals surface area contributed by atoms with Crippen LogP contribution in [0.3, 0.4) is 0 Å². The second-order valence-electron chi connectivity index (χ2n) is 5.60. The smallest absolute Gasteiger partial charge is 0.311 e. The summed E-state index contributed by atoms with van der Waals surface area (Å²) in [7, 11) is 0. The molecular formula is C15H26O4. The van der Waals surface area contributed by atoms with Gasteiger partial charge >= 0.3 is 11.9 Å². The molecule has 110 valence electrons.